The third-order valence-corrected chi connectivity index (χ3v) is 3.97. The van der Waals surface area contributed by atoms with Gasteiger partial charge in [0.1, 0.15) is 0 Å². The van der Waals surface area contributed by atoms with E-state index in [-0.39, 0.29) is 17.9 Å². The number of carbonyl (C=O) groups is 1. The van der Waals surface area contributed by atoms with Crippen molar-refractivity contribution >= 4 is 17.0 Å². The van der Waals surface area contributed by atoms with E-state index >= 15 is 0 Å². The van der Waals surface area contributed by atoms with Crippen LogP contribution < -0.4 is 5.56 Å². The number of hydrogen-bond donors (Lipinski definition) is 1. The van der Waals surface area contributed by atoms with Gasteiger partial charge >= 0.3 is 5.97 Å². The summed E-state index contributed by atoms with van der Waals surface area (Å²) < 4.78 is 6.68. The number of fused-ring (bicyclic) bond motifs is 1. The molecule has 0 radical (unpaired) electrons. The maximum atomic E-state index is 12.8. The molecule has 0 saturated carbocycles. The number of aryl methyl sites for hydroxylation is 1. The summed E-state index contributed by atoms with van der Waals surface area (Å²) in [5.41, 5.74) is 2.36. The number of unbranched alkanes of at least 4 members (excludes halogenated alkanes) is 1. The Morgan fingerprint density at radius 1 is 1.28 bits per heavy atom. The molecule has 2 heterocycles. The van der Waals surface area contributed by atoms with E-state index in [4.69, 9.17) is 4.74 Å². The number of hydrogen-bond acceptors (Lipinski definition) is 4. The number of H-pyrrole nitrogens is 1. The van der Waals surface area contributed by atoms with Gasteiger partial charge < -0.3 is 4.74 Å². The Morgan fingerprint density at radius 3 is 2.76 bits per heavy atom. The van der Waals surface area contributed by atoms with Crippen molar-refractivity contribution in [2.24, 2.45) is 0 Å². The molecular weight excluding hydrogens is 318 g/mol. The third-order valence-electron chi connectivity index (χ3n) is 3.97. The average Bonchev–Trinajstić information content (AvgIpc) is 2.92. The number of nitrogens with one attached hydrogen (secondary N) is 1. The Kier molecular flexibility index (Phi) is 4.97. The molecule has 6 heteroatoms. The summed E-state index contributed by atoms with van der Waals surface area (Å²) in [6.07, 6.45) is 1.86. The van der Waals surface area contributed by atoms with Crippen LogP contribution in [0, 0.1) is 6.92 Å². The van der Waals surface area contributed by atoms with Crippen LogP contribution in [-0.4, -0.2) is 27.3 Å². The van der Waals surface area contributed by atoms with E-state index in [0.29, 0.717) is 23.2 Å². The molecule has 0 fully saturated rings. The highest BCUT2D eigenvalue weighted by Crippen LogP contribution is 2.16. The van der Waals surface area contributed by atoms with Gasteiger partial charge in [0, 0.05) is 5.69 Å². The third kappa shape index (κ3) is 3.63. The van der Waals surface area contributed by atoms with Gasteiger partial charge in [0.15, 0.2) is 5.65 Å². The van der Waals surface area contributed by atoms with Crippen LogP contribution in [0.15, 0.2) is 41.2 Å². The lowest BCUT2D eigenvalue weighted by Crippen LogP contribution is -2.16. The normalized spacial score (nSPS) is 11.0. The van der Waals surface area contributed by atoms with Gasteiger partial charge in [0.25, 0.3) is 5.56 Å². The van der Waals surface area contributed by atoms with Gasteiger partial charge in [0.05, 0.1) is 24.1 Å². The molecule has 6 nitrogen and oxygen atoms in total. The number of rotatable bonds is 6. The van der Waals surface area contributed by atoms with Gasteiger partial charge in [0.2, 0.25) is 0 Å². The summed E-state index contributed by atoms with van der Waals surface area (Å²) in [6.45, 7) is 4.28. The van der Waals surface area contributed by atoms with Crippen LogP contribution in [0.3, 0.4) is 0 Å². The fraction of sp³-hybridized carbons (Fsp3) is 0.316. The Bertz CT molecular complexity index is 942. The highest BCUT2D eigenvalue weighted by atomic mass is 16.5. The van der Waals surface area contributed by atoms with Crippen molar-refractivity contribution in [1.29, 1.82) is 0 Å². The summed E-state index contributed by atoms with van der Waals surface area (Å²) in [5, 5.41) is 3.46. The fourth-order valence-corrected chi connectivity index (χ4v) is 2.76. The van der Waals surface area contributed by atoms with Crippen molar-refractivity contribution in [3.8, 4) is 5.69 Å². The van der Waals surface area contributed by atoms with Gasteiger partial charge in [-0.2, -0.15) is 0 Å². The highest BCUT2D eigenvalue weighted by Gasteiger charge is 2.17. The molecule has 0 aliphatic rings. The summed E-state index contributed by atoms with van der Waals surface area (Å²) >= 11 is 0. The molecule has 3 aromatic rings. The Balaban J connectivity index is 2.00. The lowest BCUT2D eigenvalue weighted by Gasteiger charge is -2.05. The topological polar surface area (TPSA) is 77.0 Å². The largest absolute Gasteiger partial charge is 0.465 e. The number of carbonyl (C=O) groups excluding carboxylic acids is 1. The number of aromatic amines is 1. The van der Waals surface area contributed by atoms with Crippen LogP contribution >= 0.6 is 0 Å². The number of aromatic nitrogens is 3. The molecule has 0 amide bonds. The standard InChI is InChI=1S/C19H21N3O3/c1-3-4-10-25-16(23)12-14-11-13(2)20-18-17(14)19(24)22(21-18)15-8-6-5-7-9-15/h5-9,11H,3-4,10,12H2,1-2H3,(H,20,21). The molecule has 1 N–H and O–H groups in total. The fourth-order valence-electron chi connectivity index (χ4n) is 2.76. The number of pyridine rings is 1. The summed E-state index contributed by atoms with van der Waals surface area (Å²) in [6, 6.07) is 11.0. The summed E-state index contributed by atoms with van der Waals surface area (Å²) in [5.74, 6) is -0.327. The second-order valence-corrected chi connectivity index (χ2v) is 5.99. The average molecular weight is 339 g/mol. The van der Waals surface area contributed by atoms with Crippen molar-refractivity contribution in [3.05, 3.63) is 58.0 Å². The van der Waals surface area contributed by atoms with Crippen LogP contribution in [0.4, 0.5) is 0 Å². The smallest absolute Gasteiger partial charge is 0.310 e. The number of nitrogens with zero attached hydrogens (tertiary/aromatic N) is 2. The van der Waals surface area contributed by atoms with E-state index in [9.17, 15) is 9.59 Å². The van der Waals surface area contributed by atoms with Gasteiger partial charge in [-0.15, -0.1) is 0 Å². The van der Waals surface area contributed by atoms with Crippen molar-refractivity contribution in [2.45, 2.75) is 33.1 Å². The molecule has 130 valence electrons. The maximum Gasteiger partial charge on any atom is 0.310 e. The molecule has 25 heavy (non-hydrogen) atoms. The second kappa shape index (κ2) is 7.34. The zero-order valence-electron chi connectivity index (χ0n) is 14.4. The van der Waals surface area contributed by atoms with Crippen LogP contribution in [0.1, 0.15) is 31.0 Å². The number of ether oxygens (including phenoxy) is 1. The highest BCUT2D eigenvalue weighted by molar-refractivity contribution is 5.84. The molecule has 1 aromatic carbocycles. The minimum atomic E-state index is -0.327. The number of benzene rings is 1. The predicted molar refractivity (Wildman–Crippen MR) is 96.0 cm³/mol. The zero-order chi connectivity index (χ0) is 17.8. The number of esters is 1. The maximum absolute atomic E-state index is 12.8. The first-order chi connectivity index (χ1) is 12.1. The predicted octanol–water partition coefficient (Wildman–Crippen LogP) is 2.91. The first-order valence-electron chi connectivity index (χ1n) is 8.42. The summed E-state index contributed by atoms with van der Waals surface area (Å²) in [4.78, 5) is 29.3. The first kappa shape index (κ1) is 17.0. The zero-order valence-corrected chi connectivity index (χ0v) is 14.4. The molecule has 0 saturated heterocycles. The Morgan fingerprint density at radius 2 is 2.04 bits per heavy atom. The van der Waals surface area contributed by atoms with Crippen molar-refractivity contribution in [3.63, 3.8) is 0 Å². The first-order valence-corrected chi connectivity index (χ1v) is 8.42. The van der Waals surface area contributed by atoms with Crippen LogP contribution in [-0.2, 0) is 16.0 Å². The van der Waals surface area contributed by atoms with E-state index in [0.717, 1.165) is 24.2 Å². The molecule has 2 aromatic heterocycles. The van der Waals surface area contributed by atoms with E-state index in [1.807, 2.05) is 44.2 Å². The van der Waals surface area contributed by atoms with Crippen LogP contribution in [0.25, 0.3) is 16.7 Å². The molecule has 0 spiro atoms. The lowest BCUT2D eigenvalue weighted by molar-refractivity contribution is -0.142. The van der Waals surface area contributed by atoms with Crippen molar-refractivity contribution < 1.29 is 9.53 Å². The van der Waals surface area contributed by atoms with Gasteiger partial charge in [-0.3, -0.25) is 14.7 Å². The molecule has 3 rings (SSSR count). The second-order valence-electron chi connectivity index (χ2n) is 5.99. The Hall–Kier alpha value is -2.89. The molecule has 0 aliphatic heterocycles. The van der Waals surface area contributed by atoms with Gasteiger partial charge in [-0.1, -0.05) is 31.5 Å². The molecule has 0 unspecified atom stereocenters. The molecule has 0 aliphatic carbocycles. The molecule has 0 bridgehead atoms. The SMILES string of the molecule is CCCCOC(=O)Cc1cc(C)nc2[nH]n(-c3ccccc3)c(=O)c12. The quantitative estimate of drug-likeness (QED) is 0.553. The van der Waals surface area contributed by atoms with Gasteiger partial charge in [-0.05, 0) is 37.1 Å². The minimum absolute atomic E-state index is 0.0610. The monoisotopic (exact) mass is 339 g/mol. The van der Waals surface area contributed by atoms with E-state index < -0.39 is 0 Å². The van der Waals surface area contributed by atoms with E-state index in [2.05, 4.69) is 10.1 Å². The molecule has 0 atom stereocenters. The van der Waals surface area contributed by atoms with Crippen molar-refractivity contribution in [1.82, 2.24) is 14.8 Å². The number of para-hydroxylation sites is 1. The molecular formula is C19H21N3O3. The van der Waals surface area contributed by atoms with Crippen LogP contribution in [0.5, 0.6) is 0 Å². The Labute approximate surface area is 145 Å². The van der Waals surface area contributed by atoms with E-state index in [1.54, 1.807) is 6.07 Å². The van der Waals surface area contributed by atoms with Gasteiger partial charge in [-0.25, -0.2) is 9.67 Å². The van der Waals surface area contributed by atoms with Crippen LogP contribution in [0.2, 0.25) is 0 Å². The van der Waals surface area contributed by atoms with E-state index in [1.165, 1.54) is 4.68 Å². The lowest BCUT2D eigenvalue weighted by atomic mass is 10.1. The van der Waals surface area contributed by atoms with Crippen molar-refractivity contribution in [2.75, 3.05) is 6.61 Å². The minimum Gasteiger partial charge on any atom is -0.465 e. The summed E-state index contributed by atoms with van der Waals surface area (Å²) in [7, 11) is 0.